The Labute approximate surface area is 268 Å². The van der Waals surface area contributed by atoms with Crippen molar-refractivity contribution in [3.05, 3.63) is 0 Å². The molecule has 0 rings (SSSR count). The largest absolute Gasteiger partial charge is 0.463 e. The van der Waals surface area contributed by atoms with Gasteiger partial charge in [0.2, 0.25) is 0 Å². The number of rotatable bonds is 34. The molecule has 0 fully saturated rings. The Hall–Kier alpha value is -1.10. The minimum atomic E-state index is -0.336. The van der Waals surface area contributed by atoms with E-state index in [1.54, 1.807) is 0 Å². The third-order valence-corrected chi connectivity index (χ3v) is 8.41. The molecule has 0 aliphatic heterocycles. The molecule has 5 nitrogen and oxygen atoms in total. The molecule has 0 aliphatic carbocycles. The van der Waals surface area contributed by atoms with Crippen LogP contribution < -0.4 is 0 Å². The molecule has 0 amide bonds. The highest BCUT2D eigenvalue weighted by Gasteiger charge is 2.06. The first kappa shape index (κ1) is 41.9. The standard InChI is InChI=1S/C38H74O5/c1-35(2)29-25-21-17-13-9-5-7-11-15-19-23-27-31-37(39)41-33-34-42-43-38(40)32-28-24-20-16-12-8-6-10-14-18-22-26-30-36(3)4/h35-36H,5-34H2,1-4H3. The fraction of sp³-hybridized carbons (Fsp3) is 0.947. The van der Waals surface area contributed by atoms with Gasteiger partial charge in [-0.05, 0) is 24.7 Å². The fourth-order valence-corrected chi connectivity index (χ4v) is 5.59. The van der Waals surface area contributed by atoms with Crippen molar-refractivity contribution in [3.63, 3.8) is 0 Å². The summed E-state index contributed by atoms with van der Waals surface area (Å²) in [5.74, 6) is 1.17. The van der Waals surface area contributed by atoms with Gasteiger partial charge >= 0.3 is 11.9 Å². The van der Waals surface area contributed by atoms with Gasteiger partial charge in [0.25, 0.3) is 0 Å². The first-order valence-corrected chi connectivity index (χ1v) is 18.9. The summed E-state index contributed by atoms with van der Waals surface area (Å²) in [5, 5.41) is 0. The molecule has 0 spiro atoms. The van der Waals surface area contributed by atoms with Crippen LogP contribution in [0.4, 0.5) is 0 Å². The summed E-state index contributed by atoms with van der Waals surface area (Å²) in [6.45, 7) is 9.46. The molecule has 0 aliphatic rings. The molecule has 0 saturated heterocycles. The van der Waals surface area contributed by atoms with E-state index in [1.807, 2.05) is 0 Å². The zero-order chi connectivity index (χ0) is 31.6. The predicted octanol–water partition coefficient (Wildman–Crippen LogP) is 12.2. The number of carbonyl (C=O) groups excluding carboxylic acids is 2. The summed E-state index contributed by atoms with van der Waals surface area (Å²) in [5.41, 5.74) is 0. The lowest BCUT2D eigenvalue weighted by molar-refractivity contribution is -0.275. The zero-order valence-corrected chi connectivity index (χ0v) is 29.4. The van der Waals surface area contributed by atoms with Gasteiger partial charge in [-0.3, -0.25) is 9.68 Å². The minimum Gasteiger partial charge on any atom is -0.463 e. The van der Waals surface area contributed by atoms with E-state index in [2.05, 4.69) is 27.7 Å². The van der Waals surface area contributed by atoms with Crippen LogP contribution in [-0.2, 0) is 24.1 Å². The SMILES string of the molecule is CC(C)CCCCCCCCCCCCCCC(=O)OCCOOC(=O)CCCCCCCCCCCCCCC(C)C. The lowest BCUT2D eigenvalue weighted by atomic mass is 10.0. The van der Waals surface area contributed by atoms with Crippen molar-refractivity contribution in [3.8, 4) is 0 Å². The van der Waals surface area contributed by atoms with Crippen molar-refractivity contribution < 1.29 is 24.1 Å². The quantitative estimate of drug-likeness (QED) is 0.0314. The third kappa shape index (κ3) is 37.0. The first-order chi connectivity index (χ1) is 20.9. The molecule has 0 aromatic heterocycles. The summed E-state index contributed by atoms with van der Waals surface area (Å²) in [6, 6.07) is 0. The molecule has 0 atom stereocenters. The highest BCUT2D eigenvalue weighted by atomic mass is 17.2. The molecular weight excluding hydrogens is 536 g/mol. The van der Waals surface area contributed by atoms with E-state index in [0.29, 0.717) is 12.8 Å². The lowest BCUT2D eigenvalue weighted by Crippen LogP contribution is -2.13. The van der Waals surface area contributed by atoms with Crippen molar-refractivity contribution in [2.45, 2.75) is 207 Å². The van der Waals surface area contributed by atoms with Gasteiger partial charge in [0.15, 0.2) is 0 Å². The van der Waals surface area contributed by atoms with Crippen molar-refractivity contribution >= 4 is 11.9 Å². The van der Waals surface area contributed by atoms with E-state index < -0.39 is 0 Å². The van der Waals surface area contributed by atoms with Gasteiger partial charge < -0.3 is 4.74 Å². The van der Waals surface area contributed by atoms with Crippen molar-refractivity contribution in [1.82, 2.24) is 0 Å². The highest BCUT2D eigenvalue weighted by Crippen LogP contribution is 2.16. The Morgan fingerprint density at radius 1 is 0.395 bits per heavy atom. The van der Waals surface area contributed by atoms with E-state index in [4.69, 9.17) is 14.5 Å². The number of hydrogen-bond acceptors (Lipinski definition) is 5. The Morgan fingerprint density at radius 2 is 0.698 bits per heavy atom. The van der Waals surface area contributed by atoms with Gasteiger partial charge in [-0.1, -0.05) is 182 Å². The minimum absolute atomic E-state index is 0.0906. The fourth-order valence-electron chi connectivity index (χ4n) is 5.59. The second kappa shape index (κ2) is 33.8. The lowest BCUT2D eigenvalue weighted by Gasteiger charge is -2.06. The van der Waals surface area contributed by atoms with Crippen LogP contribution in [0.1, 0.15) is 207 Å². The summed E-state index contributed by atoms with van der Waals surface area (Å²) in [4.78, 5) is 33.4. The average molecular weight is 611 g/mol. The van der Waals surface area contributed by atoms with E-state index in [0.717, 1.165) is 37.5 Å². The van der Waals surface area contributed by atoms with Crippen LogP contribution in [0.3, 0.4) is 0 Å². The Balaban J connectivity index is 3.27. The van der Waals surface area contributed by atoms with Gasteiger partial charge in [0.1, 0.15) is 13.2 Å². The highest BCUT2D eigenvalue weighted by molar-refractivity contribution is 5.69. The molecule has 256 valence electrons. The maximum Gasteiger partial charge on any atom is 0.342 e. The Bertz CT molecular complexity index is 539. The molecule has 0 N–H and O–H groups in total. The topological polar surface area (TPSA) is 61.8 Å². The molecule has 0 heterocycles. The van der Waals surface area contributed by atoms with Crippen molar-refractivity contribution in [1.29, 1.82) is 0 Å². The number of carbonyl (C=O) groups is 2. The maximum atomic E-state index is 11.9. The maximum absolute atomic E-state index is 11.9. The van der Waals surface area contributed by atoms with E-state index in [1.165, 1.54) is 141 Å². The second-order valence-corrected chi connectivity index (χ2v) is 13.8. The second-order valence-electron chi connectivity index (χ2n) is 13.8. The number of unbranched alkanes of at least 4 members (excludes halogenated alkanes) is 22. The summed E-state index contributed by atoms with van der Waals surface area (Å²) < 4.78 is 5.18. The molecule has 0 aromatic carbocycles. The predicted molar refractivity (Wildman–Crippen MR) is 182 cm³/mol. The van der Waals surface area contributed by atoms with E-state index in [-0.39, 0.29) is 25.2 Å². The number of esters is 1. The first-order valence-electron chi connectivity index (χ1n) is 18.9. The normalized spacial score (nSPS) is 11.5. The van der Waals surface area contributed by atoms with Crippen LogP contribution in [0.25, 0.3) is 0 Å². The molecule has 0 bridgehead atoms. The van der Waals surface area contributed by atoms with Gasteiger partial charge in [-0.2, -0.15) is 4.89 Å². The van der Waals surface area contributed by atoms with Gasteiger partial charge in [-0.15, -0.1) is 0 Å². The van der Waals surface area contributed by atoms with Crippen LogP contribution >= 0.6 is 0 Å². The van der Waals surface area contributed by atoms with Crippen LogP contribution in [0.2, 0.25) is 0 Å². The van der Waals surface area contributed by atoms with Crippen LogP contribution in [0.15, 0.2) is 0 Å². The molecule has 5 heteroatoms. The van der Waals surface area contributed by atoms with E-state index >= 15 is 0 Å². The molecule has 43 heavy (non-hydrogen) atoms. The monoisotopic (exact) mass is 611 g/mol. The average Bonchev–Trinajstić information content (AvgIpc) is 2.97. The Morgan fingerprint density at radius 3 is 1.05 bits per heavy atom. The van der Waals surface area contributed by atoms with Gasteiger partial charge in [0.05, 0.1) is 0 Å². The van der Waals surface area contributed by atoms with E-state index in [9.17, 15) is 9.59 Å². The molecule has 0 aromatic rings. The summed E-state index contributed by atoms with van der Waals surface area (Å²) in [6.07, 6.45) is 34.3. The van der Waals surface area contributed by atoms with Gasteiger partial charge in [-0.25, -0.2) is 4.79 Å². The molecular formula is C38H74O5. The van der Waals surface area contributed by atoms with Crippen LogP contribution in [-0.4, -0.2) is 25.2 Å². The summed E-state index contributed by atoms with van der Waals surface area (Å²) in [7, 11) is 0. The number of hydrogen-bond donors (Lipinski definition) is 0. The smallest absolute Gasteiger partial charge is 0.342 e. The summed E-state index contributed by atoms with van der Waals surface area (Å²) >= 11 is 0. The van der Waals surface area contributed by atoms with Crippen LogP contribution in [0.5, 0.6) is 0 Å². The Kier molecular flexibility index (Phi) is 32.9. The van der Waals surface area contributed by atoms with Crippen molar-refractivity contribution in [2.75, 3.05) is 13.2 Å². The van der Waals surface area contributed by atoms with Crippen molar-refractivity contribution in [2.24, 2.45) is 11.8 Å². The van der Waals surface area contributed by atoms with Gasteiger partial charge in [0, 0.05) is 12.8 Å². The van der Waals surface area contributed by atoms with Crippen LogP contribution in [0, 0.1) is 11.8 Å². The molecule has 0 unspecified atom stereocenters. The third-order valence-electron chi connectivity index (χ3n) is 8.41. The molecule has 0 saturated carbocycles. The molecule has 0 radical (unpaired) electrons. The number of ether oxygens (including phenoxy) is 1. The zero-order valence-electron chi connectivity index (χ0n) is 29.4.